The first-order valence-electron chi connectivity index (χ1n) is 7.69. The average molecular weight is 372 g/mol. The molecule has 0 saturated heterocycles. The molecule has 0 radical (unpaired) electrons. The number of hydrazine groups is 1. The summed E-state index contributed by atoms with van der Waals surface area (Å²) in [5.41, 5.74) is 5.82. The molecule has 0 fully saturated rings. The lowest BCUT2D eigenvalue weighted by atomic mass is 10.2. The highest BCUT2D eigenvalue weighted by atomic mass is 35.5. The molecular formula is C17H14ClN5O3. The molecule has 0 bridgehead atoms. The Morgan fingerprint density at radius 1 is 1.04 bits per heavy atom. The highest BCUT2D eigenvalue weighted by Crippen LogP contribution is 2.14. The van der Waals surface area contributed by atoms with Crippen LogP contribution in [-0.4, -0.2) is 26.9 Å². The summed E-state index contributed by atoms with van der Waals surface area (Å²) in [4.78, 5) is 31.9. The molecular weight excluding hydrogens is 358 g/mol. The zero-order valence-corrected chi connectivity index (χ0v) is 14.2. The molecule has 0 spiro atoms. The number of carbonyl (C=O) groups excluding carboxylic acids is 2. The molecule has 132 valence electrons. The molecule has 3 rings (SSSR count). The smallest absolute Gasteiger partial charge is 0.269 e. The van der Waals surface area contributed by atoms with Crippen molar-refractivity contribution in [1.29, 1.82) is 0 Å². The van der Waals surface area contributed by atoms with Crippen LogP contribution in [0.2, 0.25) is 5.02 Å². The lowest BCUT2D eigenvalue weighted by Gasteiger charge is -2.06. The van der Waals surface area contributed by atoms with E-state index in [9.17, 15) is 9.59 Å². The van der Waals surface area contributed by atoms with Crippen LogP contribution >= 0.6 is 11.6 Å². The molecule has 0 atom stereocenters. The number of hydrogen-bond donors (Lipinski definition) is 2. The fourth-order valence-electron chi connectivity index (χ4n) is 2.06. The zero-order valence-electron chi connectivity index (χ0n) is 13.5. The van der Waals surface area contributed by atoms with Crippen molar-refractivity contribution >= 4 is 23.4 Å². The van der Waals surface area contributed by atoms with E-state index in [-0.39, 0.29) is 18.7 Å². The maximum absolute atomic E-state index is 11.9. The topological polar surface area (TPSA) is 110 Å². The molecule has 0 aliphatic heterocycles. The van der Waals surface area contributed by atoms with E-state index in [1.54, 1.807) is 48.8 Å². The van der Waals surface area contributed by atoms with Gasteiger partial charge in [-0.1, -0.05) is 16.8 Å². The first kappa shape index (κ1) is 17.6. The summed E-state index contributed by atoms with van der Waals surface area (Å²) in [5.74, 6) is -0.0569. The summed E-state index contributed by atoms with van der Waals surface area (Å²) in [7, 11) is 0. The van der Waals surface area contributed by atoms with E-state index in [4.69, 9.17) is 16.1 Å². The Bertz CT molecular complexity index is 896. The van der Waals surface area contributed by atoms with E-state index in [0.717, 1.165) is 5.56 Å². The summed E-state index contributed by atoms with van der Waals surface area (Å²) in [6.07, 6.45) is 3.59. The van der Waals surface area contributed by atoms with Gasteiger partial charge in [0.15, 0.2) is 0 Å². The zero-order chi connectivity index (χ0) is 18.4. The lowest BCUT2D eigenvalue weighted by Crippen LogP contribution is -2.41. The van der Waals surface area contributed by atoms with Crippen molar-refractivity contribution in [3.63, 3.8) is 0 Å². The van der Waals surface area contributed by atoms with E-state index in [1.807, 2.05) is 0 Å². The minimum atomic E-state index is -0.437. The highest BCUT2D eigenvalue weighted by Gasteiger charge is 2.11. The van der Waals surface area contributed by atoms with Crippen molar-refractivity contribution in [2.24, 2.45) is 0 Å². The number of halogens is 1. The molecule has 26 heavy (non-hydrogen) atoms. The Balaban J connectivity index is 1.46. The van der Waals surface area contributed by atoms with Crippen molar-refractivity contribution in [2.45, 2.75) is 12.8 Å². The molecule has 8 nitrogen and oxygen atoms in total. The fourth-order valence-corrected chi connectivity index (χ4v) is 2.18. The molecule has 9 heteroatoms. The van der Waals surface area contributed by atoms with E-state index in [0.29, 0.717) is 22.3 Å². The van der Waals surface area contributed by atoms with E-state index in [1.165, 1.54) is 0 Å². The van der Waals surface area contributed by atoms with Gasteiger partial charge in [-0.25, -0.2) is 0 Å². The number of nitrogens with one attached hydrogen (secondary N) is 2. The standard InChI is InChI=1S/C17H14ClN5O3/c18-13-3-1-12(2-4-13)17(25)22-21-14(24)5-6-15-20-16(23-26-15)11-7-9-19-10-8-11/h1-4,7-10H,5-6H2,(H,21,24)(H,22,25). The Kier molecular flexibility index (Phi) is 5.55. The maximum atomic E-state index is 11.9. The SMILES string of the molecule is O=C(CCc1nc(-c2ccncc2)no1)NNC(=O)c1ccc(Cl)cc1. The quantitative estimate of drug-likeness (QED) is 0.665. The summed E-state index contributed by atoms with van der Waals surface area (Å²) >= 11 is 5.76. The number of aromatic nitrogens is 3. The van der Waals surface area contributed by atoms with E-state index in [2.05, 4.69) is 26.0 Å². The summed E-state index contributed by atoms with van der Waals surface area (Å²) in [6, 6.07) is 9.82. The predicted octanol–water partition coefficient (Wildman–Crippen LogP) is 2.18. The molecule has 0 aliphatic rings. The number of nitrogens with zero attached hydrogens (tertiary/aromatic N) is 3. The van der Waals surface area contributed by atoms with Gasteiger partial charge < -0.3 is 4.52 Å². The lowest BCUT2D eigenvalue weighted by molar-refractivity contribution is -0.121. The van der Waals surface area contributed by atoms with Gasteiger partial charge in [0, 0.05) is 41.4 Å². The van der Waals surface area contributed by atoms with Crippen molar-refractivity contribution in [2.75, 3.05) is 0 Å². The van der Waals surface area contributed by atoms with Gasteiger partial charge in [-0.3, -0.25) is 25.4 Å². The predicted molar refractivity (Wildman–Crippen MR) is 92.9 cm³/mol. The molecule has 3 aromatic rings. The van der Waals surface area contributed by atoms with E-state index >= 15 is 0 Å². The van der Waals surface area contributed by atoms with Crippen LogP contribution < -0.4 is 10.9 Å². The molecule has 2 heterocycles. The number of hydrogen-bond acceptors (Lipinski definition) is 6. The Labute approximate surface area is 153 Å². The number of benzene rings is 1. The minimum Gasteiger partial charge on any atom is -0.339 e. The molecule has 0 aliphatic carbocycles. The number of amides is 2. The third-order valence-electron chi connectivity index (χ3n) is 3.39. The van der Waals surface area contributed by atoms with Gasteiger partial charge in [0.25, 0.3) is 5.91 Å². The van der Waals surface area contributed by atoms with E-state index < -0.39 is 5.91 Å². The van der Waals surface area contributed by atoms with Crippen molar-refractivity contribution in [3.05, 3.63) is 65.3 Å². The van der Waals surface area contributed by atoms with Crippen molar-refractivity contribution in [3.8, 4) is 11.4 Å². The number of rotatable bonds is 5. The molecule has 0 unspecified atom stereocenters. The van der Waals surface area contributed by atoms with Crippen LogP contribution in [0.1, 0.15) is 22.7 Å². The molecule has 0 saturated carbocycles. The molecule has 2 aromatic heterocycles. The van der Waals surface area contributed by atoms with Crippen LogP contribution in [0.3, 0.4) is 0 Å². The second-order valence-corrected chi connectivity index (χ2v) is 5.69. The van der Waals surface area contributed by atoms with Gasteiger partial charge in [-0.2, -0.15) is 4.98 Å². The third-order valence-corrected chi connectivity index (χ3v) is 3.65. The molecule has 1 aromatic carbocycles. The Morgan fingerprint density at radius 2 is 1.77 bits per heavy atom. The Morgan fingerprint density at radius 3 is 2.50 bits per heavy atom. The number of carbonyl (C=O) groups is 2. The second-order valence-electron chi connectivity index (χ2n) is 5.26. The van der Waals surface area contributed by atoms with Crippen molar-refractivity contribution in [1.82, 2.24) is 26.0 Å². The monoisotopic (exact) mass is 371 g/mol. The minimum absolute atomic E-state index is 0.0822. The van der Waals surface area contributed by atoms with Gasteiger partial charge >= 0.3 is 0 Å². The van der Waals surface area contributed by atoms with Gasteiger partial charge in [0.05, 0.1) is 0 Å². The largest absolute Gasteiger partial charge is 0.339 e. The fraction of sp³-hybridized carbons (Fsp3) is 0.118. The third kappa shape index (κ3) is 4.64. The van der Waals surface area contributed by atoms with Crippen LogP contribution in [0.4, 0.5) is 0 Å². The second kappa shape index (κ2) is 8.21. The first-order valence-corrected chi connectivity index (χ1v) is 8.07. The number of aryl methyl sites for hydroxylation is 1. The Hall–Kier alpha value is -3.26. The molecule has 2 N–H and O–H groups in total. The average Bonchev–Trinajstić information content (AvgIpc) is 3.15. The van der Waals surface area contributed by atoms with Crippen LogP contribution in [0.25, 0.3) is 11.4 Å². The first-order chi connectivity index (χ1) is 12.6. The van der Waals surface area contributed by atoms with Gasteiger partial charge in [0.2, 0.25) is 17.6 Å². The maximum Gasteiger partial charge on any atom is 0.269 e. The van der Waals surface area contributed by atoms with Crippen LogP contribution in [0.5, 0.6) is 0 Å². The van der Waals surface area contributed by atoms with Crippen LogP contribution in [0.15, 0.2) is 53.3 Å². The van der Waals surface area contributed by atoms with Crippen LogP contribution in [0, 0.1) is 0 Å². The normalized spacial score (nSPS) is 10.3. The van der Waals surface area contributed by atoms with Gasteiger partial charge in [-0.15, -0.1) is 0 Å². The van der Waals surface area contributed by atoms with Crippen LogP contribution in [-0.2, 0) is 11.2 Å². The summed E-state index contributed by atoms with van der Waals surface area (Å²) < 4.78 is 5.11. The molecule has 2 amide bonds. The summed E-state index contributed by atoms with van der Waals surface area (Å²) in [6.45, 7) is 0. The highest BCUT2D eigenvalue weighted by molar-refractivity contribution is 6.30. The van der Waals surface area contributed by atoms with Crippen molar-refractivity contribution < 1.29 is 14.1 Å². The van der Waals surface area contributed by atoms with Gasteiger partial charge in [0.1, 0.15) is 0 Å². The number of pyridine rings is 1. The van der Waals surface area contributed by atoms with Gasteiger partial charge in [-0.05, 0) is 36.4 Å². The summed E-state index contributed by atoms with van der Waals surface area (Å²) in [5, 5.41) is 4.38.